The van der Waals surface area contributed by atoms with Gasteiger partial charge in [0.25, 0.3) is 0 Å². The van der Waals surface area contributed by atoms with Crippen molar-refractivity contribution in [3.8, 4) is 17.2 Å². The number of rotatable bonds is 21. The molecule has 4 unspecified atom stereocenters. The summed E-state index contributed by atoms with van der Waals surface area (Å²) in [5.41, 5.74) is 3.30. The predicted molar refractivity (Wildman–Crippen MR) is 350 cm³/mol. The van der Waals surface area contributed by atoms with E-state index in [2.05, 4.69) is 117 Å². The third-order valence-corrected chi connectivity index (χ3v) is 14.4. The second kappa shape index (κ2) is 37.4. The van der Waals surface area contributed by atoms with Crippen LogP contribution >= 0.6 is 47.8 Å². The Bertz CT molecular complexity index is 2870. The summed E-state index contributed by atoms with van der Waals surface area (Å²) in [5, 5.41) is 22.6. The number of esters is 3. The summed E-state index contributed by atoms with van der Waals surface area (Å²) >= 11 is 9.83. The Morgan fingerprint density at radius 3 is 1.09 bits per heavy atom. The van der Waals surface area contributed by atoms with E-state index in [9.17, 15) is 29.4 Å². The molecule has 0 aromatic heterocycles. The number of aliphatic hydroxyl groups is 2. The number of ether oxygens (including phenoxy) is 3. The second-order valence-electron chi connectivity index (χ2n) is 24.6. The summed E-state index contributed by atoms with van der Waals surface area (Å²) in [6.07, 6.45) is 3.12. The van der Waals surface area contributed by atoms with Crippen LogP contribution in [0.15, 0.2) is 164 Å². The summed E-state index contributed by atoms with van der Waals surface area (Å²) in [7, 11) is 0. The van der Waals surface area contributed by atoms with Gasteiger partial charge in [0.1, 0.15) is 41.9 Å². The zero-order valence-corrected chi connectivity index (χ0v) is 63.0. The summed E-state index contributed by atoms with van der Waals surface area (Å²) in [5.74, 6) is 3.98. The van der Waals surface area contributed by atoms with Gasteiger partial charge in [-0.15, -0.1) is 0 Å². The molecular weight excluding hydrogens is 1530 g/mol. The molecule has 6 aromatic rings. The number of carbonyl (C=O) groups is 4. The standard InChI is InChI=1S/C27H37BrO3.C17H17BrO3.C17H15BrO3.C10H22.U.V/c1-18(2)17-20(5)24(19(3)4)27(30,21-11-9-8-10-12-21)22-13-15-23(16-14-22)31-25(29)26(6,7)28;2*1-17(2,18)16(20)21-14-10-8-13(9-11-14)15(19)12-6-4-3-5-7-12;1-8(2)6-10(5)7-9(3)4;;/h8-16,18-20,24,30H,17H2,1-7H3;3-11,15,19H,1-2H3;3-11H,1-2H3;8-10H,6-7H2,1-5H3;;. The maximum absolute atomic E-state index is 12.4. The van der Waals surface area contributed by atoms with Gasteiger partial charge in [0.05, 0.1) is 0 Å². The van der Waals surface area contributed by atoms with Gasteiger partial charge in [-0.25, -0.2) is 0 Å². The molecule has 4 atom stereocenters. The van der Waals surface area contributed by atoms with Crippen LogP contribution < -0.4 is 14.2 Å². The van der Waals surface area contributed by atoms with Crippen molar-refractivity contribution in [1.29, 1.82) is 0 Å². The van der Waals surface area contributed by atoms with Crippen molar-refractivity contribution in [2.45, 2.75) is 155 Å². The average Bonchev–Trinajstić information content (AvgIpc) is 3.39. The molecule has 0 saturated carbocycles. The van der Waals surface area contributed by atoms with E-state index in [1.54, 1.807) is 114 Å². The van der Waals surface area contributed by atoms with Gasteiger partial charge >= 0.3 is 17.9 Å². The van der Waals surface area contributed by atoms with E-state index in [-0.39, 0.29) is 85.2 Å². The van der Waals surface area contributed by atoms with Crippen molar-refractivity contribution >= 4 is 71.5 Å². The minimum absolute atomic E-state index is 0. The van der Waals surface area contributed by atoms with Crippen LogP contribution in [0.25, 0.3) is 0 Å². The molecule has 0 aliphatic carbocycles. The molecule has 14 heteroatoms. The Labute approximate surface area is 570 Å². The molecule has 6 aromatic carbocycles. The van der Waals surface area contributed by atoms with E-state index < -0.39 is 24.7 Å². The van der Waals surface area contributed by atoms with Gasteiger partial charge in [-0.3, -0.25) is 19.2 Å². The zero-order chi connectivity index (χ0) is 62.5. The molecule has 459 valence electrons. The van der Waals surface area contributed by atoms with Crippen LogP contribution in [0, 0.1) is 72.5 Å². The number of ketones is 1. The minimum Gasteiger partial charge on any atom is -0.426 e. The molecular formula is C71H91Br3O9UV. The molecule has 0 aliphatic rings. The summed E-state index contributed by atoms with van der Waals surface area (Å²) in [4.78, 5) is 47.9. The van der Waals surface area contributed by atoms with Crippen LogP contribution in [-0.2, 0) is 38.5 Å². The summed E-state index contributed by atoms with van der Waals surface area (Å²) in [6, 6.07) is 49.1. The molecule has 0 fully saturated rings. The molecule has 0 amide bonds. The monoisotopic (exact) mass is 1610 g/mol. The van der Waals surface area contributed by atoms with Crippen molar-refractivity contribution in [3.63, 3.8) is 0 Å². The quantitative estimate of drug-likeness (QED) is 0.0312. The third kappa shape index (κ3) is 27.4. The van der Waals surface area contributed by atoms with Crippen LogP contribution in [0.4, 0.5) is 0 Å². The number of benzene rings is 6. The SMILES string of the molecule is CC(C)(Br)C(=O)Oc1ccc(C(=O)c2ccccc2)cc1.CC(C)(Br)C(=O)Oc1ccc(C(O)c2ccccc2)cc1.CC(C)CC(C)C(C(C)C)C(O)(c1ccccc1)c1ccc(OC(=O)C(C)(C)Br)cc1.CC(C)CC(C)CC(C)C.[U].[V]. The van der Waals surface area contributed by atoms with Crippen molar-refractivity contribution in [2.24, 2.45) is 41.4 Å². The molecule has 0 aliphatic heterocycles. The van der Waals surface area contributed by atoms with Gasteiger partial charge < -0.3 is 24.4 Å². The Morgan fingerprint density at radius 1 is 0.435 bits per heavy atom. The molecule has 85 heavy (non-hydrogen) atoms. The van der Waals surface area contributed by atoms with Crippen LogP contribution in [0.5, 0.6) is 17.2 Å². The molecule has 0 saturated heterocycles. The van der Waals surface area contributed by atoms with Crippen molar-refractivity contribution in [3.05, 3.63) is 197 Å². The predicted octanol–water partition coefficient (Wildman–Crippen LogP) is 18.5. The number of carbonyl (C=O) groups excluding carboxylic acids is 4. The van der Waals surface area contributed by atoms with E-state index >= 15 is 0 Å². The van der Waals surface area contributed by atoms with Crippen LogP contribution in [-0.4, -0.2) is 46.9 Å². The molecule has 0 spiro atoms. The van der Waals surface area contributed by atoms with Gasteiger partial charge in [0.2, 0.25) is 0 Å². The maximum atomic E-state index is 12.4. The smallest absolute Gasteiger partial charge is 0.327 e. The molecule has 1 radical (unpaired) electrons. The van der Waals surface area contributed by atoms with E-state index in [0.717, 1.165) is 46.4 Å². The van der Waals surface area contributed by atoms with Gasteiger partial charge in [0.15, 0.2) is 5.78 Å². The number of aliphatic hydroxyl groups excluding tert-OH is 1. The second-order valence-corrected chi connectivity index (χ2v) is 30.5. The Hall–Kier alpha value is -3.60. The average molecular weight is 1620 g/mol. The van der Waals surface area contributed by atoms with Gasteiger partial charge in [-0.05, 0) is 167 Å². The molecule has 6 rings (SSSR count). The third-order valence-electron chi connectivity index (χ3n) is 13.5. The number of halogens is 3. The van der Waals surface area contributed by atoms with Gasteiger partial charge in [-0.1, -0.05) is 232 Å². The Morgan fingerprint density at radius 2 is 0.741 bits per heavy atom. The first kappa shape index (κ1) is 79.4. The number of alkyl halides is 3. The van der Waals surface area contributed by atoms with E-state index in [1.807, 2.05) is 91.0 Å². The Kier molecular flexibility index (Phi) is 34.9. The zero-order valence-electron chi connectivity index (χ0n) is 52.7. The van der Waals surface area contributed by atoms with E-state index in [4.69, 9.17) is 14.2 Å². The van der Waals surface area contributed by atoms with Crippen molar-refractivity contribution < 1.29 is 93.3 Å². The molecule has 0 heterocycles. The van der Waals surface area contributed by atoms with Crippen LogP contribution in [0.2, 0.25) is 0 Å². The fourth-order valence-electron chi connectivity index (χ4n) is 9.83. The van der Waals surface area contributed by atoms with Crippen molar-refractivity contribution in [2.75, 3.05) is 0 Å². The number of hydrogen-bond acceptors (Lipinski definition) is 9. The summed E-state index contributed by atoms with van der Waals surface area (Å²) in [6.45, 7) is 33.0. The first-order valence-electron chi connectivity index (χ1n) is 28.8. The molecule has 2 N–H and O–H groups in total. The Balaban J connectivity index is 0.000000595. The largest absolute Gasteiger partial charge is 0.426 e. The van der Waals surface area contributed by atoms with Gasteiger partial charge in [0, 0.05) is 66.7 Å². The van der Waals surface area contributed by atoms with E-state index in [1.165, 1.54) is 12.8 Å². The van der Waals surface area contributed by atoms with E-state index in [0.29, 0.717) is 40.2 Å². The van der Waals surface area contributed by atoms with Crippen LogP contribution in [0.3, 0.4) is 0 Å². The fourth-order valence-corrected chi connectivity index (χ4v) is 10.1. The fraction of sp³-hybridized carbons (Fsp3) is 0.437. The topological polar surface area (TPSA) is 136 Å². The first-order valence-corrected chi connectivity index (χ1v) is 31.2. The molecule has 0 bridgehead atoms. The maximum Gasteiger partial charge on any atom is 0.327 e. The first-order chi connectivity index (χ1) is 38.6. The summed E-state index contributed by atoms with van der Waals surface area (Å²) < 4.78 is 13.7. The minimum atomic E-state index is -1.15. The molecule has 9 nitrogen and oxygen atoms in total. The van der Waals surface area contributed by atoms with Crippen LogP contribution in [0.1, 0.15) is 174 Å². The van der Waals surface area contributed by atoms with Crippen molar-refractivity contribution in [1.82, 2.24) is 0 Å². The van der Waals surface area contributed by atoms with Gasteiger partial charge in [-0.2, -0.15) is 0 Å². The number of hydrogen-bond donors (Lipinski definition) is 2. The normalized spacial score (nSPS) is 13.2.